The summed E-state index contributed by atoms with van der Waals surface area (Å²) >= 11 is 0. The van der Waals surface area contributed by atoms with Gasteiger partial charge in [0.25, 0.3) is 0 Å². The Labute approximate surface area is 75.9 Å². The van der Waals surface area contributed by atoms with Crippen molar-refractivity contribution in [2.45, 2.75) is 40.0 Å². The van der Waals surface area contributed by atoms with Crippen LogP contribution in [0.4, 0.5) is 0 Å². The highest BCUT2D eigenvalue weighted by Gasteiger charge is 2.14. The number of rotatable bonds is 7. The summed E-state index contributed by atoms with van der Waals surface area (Å²) in [6, 6.07) is 0. The minimum atomic E-state index is 0.278. The van der Waals surface area contributed by atoms with Crippen molar-refractivity contribution < 1.29 is 9.84 Å². The van der Waals surface area contributed by atoms with Gasteiger partial charge in [0.2, 0.25) is 0 Å². The second-order valence-corrected chi connectivity index (χ2v) is 4.00. The zero-order chi connectivity index (χ0) is 9.45. The van der Waals surface area contributed by atoms with E-state index in [2.05, 4.69) is 20.8 Å². The van der Waals surface area contributed by atoms with Crippen LogP contribution in [0.25, 0.3) is 0 Å². The summed E-state index contributed by atoms with van der Waals surface area (Å²) in [5.74, 6) is 0. The predicted octanol–water partition coefficient (Wildman–Crippen LogP) is 2.21. The maximum atomic E-state index is 8.52. The Morgan fingerprint density at radius 3 is 2.42 bits per heavy atom. The number of hydrogen-bond acceptors (Lipinski definition) is 2. The van der Waals surface area contributed by atoms with Gasteiger partial charge < -0.3 is 9.84 Å². The number of aliphatic hydroxyl groups excluding tert-OH is 1. The zero-order valence-electron chi connectivity index (χ0n) is 8.60. The topological polar surface area (TPSA) is 29.5 Å². The van der Waals surface area contributed by atoms with Crippen molar-refractivity contribution >= 4 is 0 Å². The van der Waals surface area contributed by atoms with Gasteiger partial charge >= 0.3 is 0 Å². The minimum absolute atomic E-state index is 0.278. The van der Waals surface area contributed by atoms with Gasteiger partial charge in [0.05, 0.1) is 6.61 Å². The molecule has 2 nitrogen and oxygen atoms in total. The van der Waals surface area contributed by atoms with Crippen molar-refractivity contribution in [3.8, 4) is 0 Å². The minimum Gasteiger partial charge on any atom is -0.396 e. The van der Waals surface area contributed by atoms with Crippen molar-refractivity contribution in [2.75, 3.05) is 19.8 Å². The number of hydrogen-bond donors (Lipinski definition) is 1. The molecule has 0 aliphatic heterocycles. The lowest BCUT2D eigenvalue weighted by atomic mass is 9.92. The summed E-state index contributed by atoms with van der Waals surface area (Å²) in [6.07, 6.45) is 2.97. The fraction of sp³-hybridized carbons (Fsp3) is 1.00. The molecule has 12 heavy (non-hydrogen) atoms. The van der Waals surface area contributed by atoms with Crippen molar-refractivity contribution in [2.24, 2.45) is 5.41 Å². The third-order valence-electron chi connectivity index (χ3n) is 2.15. The van der Waals surface area contributed by atoms with Crippen LogP contribution in [-0.2, 0) is 4.74 Å². The monoisotopic (exact) mass is 174 g/mol. The second kappa shape index (κ2) is 6.44. The van der Waals surface area contributed by atoms with E-state index in [4.69, 9.17) is 9.84 Å². The van der Waals surface area contributed by atoms with Gasteiger partial charge in [0.15, 0.2) is 0 Å². The molecule has 74 valence electrons. The van der Waals surface area contributed by atoms with E-state index < -0.39 is 0 Å². The van der Waals surface area contributed by atoms with Gasteiger partial charge in [0, 0.05) is 13.2 Å². The lowest BCUT2D eigenvalue weighted by molar-refractivity contribution is 0.0562. The van der Waals surface area contributed by atoms with Crippen LogP contribution in [0.1, 0.15) is 40.0 Å². The average molecular weight is 174 g/mol. The van der Waals surface area contributed by atoms with E-state index >= 15 is 0 Å². The first-order valence-corrected chi connectivity index (χ1v) is 4.81. The molecule has 0 bridgehead atoms. The van der Waals surface area contributed by atoms with E-state index in [1.165, 1.54) is 0 Å². The van der Waals surface area contributed by atoms with Crippen LogP contribution in [0.2, 0.25) is 0 Å². The summed E-state index contributed by atoms with van der Waals surface area (Å²) in [7, 11) is 0. The molecule has 0 saturated carbocycles. The Morgan fingerprint density at radius 2 is 1.92 bits per heavy atom. The molecule has 0 amide bonds. The van der Waals surface area contributed by atoms with E-state index in [0.29, 0.717) is 5.41 Å². The molecule has 0 rings (SSSR count). The molecule has 0 aliphatic carbocycles. The van der Waals surface area contributed by atoms with Crippen molar-refractivity contribution in [1.82, 2.24) is 0 Å². The van der Waals surface area contributed by atoms with Gasteiger partial charge in [0.1, 0.15) is 0 Å². The Hall–Kier alpha value is -0.0800. The van der Waals surface area contributed by atoms with Crippen LogP contribution in [0.3, 0.4) is 0 Å². The van der Waals surface area contributed by atoms with Gasteiger partial charge in [-0.2, -0.15) is 0 Å². The number of ether oxygens (including phenoxy) is 1. The van der Waals surface area contributed by atoms with Gasteiger partial charge in [-0.1, -0.05) is 20.8 Å². The molecule has 0 atom stereocenters. The van der Waals surface area contributed by atoms with Crippen LogP contribution in [0, 0.1) is 5.41 Å². The maximum Gasteiger partial charge on any atom is 0.0517 e. The molecule has 0 aliphatic rings. The first kappa shape index (κ1) is 11.9. The number of unbranched alkanes of at least 4 members (excludes halogenated alkanes) is 1. The molecule has 2 heteroatoms. The summed E-state index contributed by atoms with van der Waals surface area (Å²) in [5, 5.41) is 8.52. The molecule has 0 aromatic rings. The largest absolute Gasteiger partial charge is 0.396 e. The normalized spacial score (nSPS) is 12.0. The first-order chi connectivity index (χ1) is 5.62. The van der Waals surface area contributed by atoms with Gasteiger partial charge in [-0.15, -0.1) is 0 Å². The van der Waals surface area contributed by atoms with E-state index in [1.807, 2.05) is 0 Å². The smallest absolute Gasteiger partial charge is 0.0517 e. The predicted molar refractivity (Wildman–Crippen MR) is 51.2 cm³/mol. The molecular weight excluding hydrogens is 152 g/mol. The highest BCUT2D eigenvalue weighted by atomic mass is 16.5. The van der Waals surface area contributed by atoms with Gasteiger partial charge in [-0.3, -0.25) is 0 Å². The third-order valence-corrected chi connectivity index (χ3v) is 2.15. The summed E-state index contributed by atoms with van der Waals surface area (Å²) < 4.78 is 5.48. The summed E-state index contributed by atoms with van der Waals surface area (Å²) in [5.41, 5.74) is 0.305. The van der Waals surface area contributed by atoms with Crippen molar-refractivity contribution in [3.63, 3.8) is 0 Å². The van der Waals surface area contributed by atoms with E-state index in [1.54, 1.807) is 0 Å². The van der Waals surface area contributed by atoms with Crippen molar-refractivity contribution in [1.29, 1.82) is 0 Å². The Balaban J connectivity index is 3.19. The van der Waals surface area contributed by atoms with Crippen LogP contribution >= 0.6 is 0 Å². The highest BCUT2D eigenvalue weighted by molar-refractivity contribution is 4.64. The molecule has 1 N–H and O–H groups in total. The van der Waals surface area contributed by atoms with Crippen LogP contribution in [0.5, 0.6) is 0 Å². The standard InChI is InChI=1S/C10H22O2/c1-4-10(2,3)9-12-8-6-5-7-11/h11H,4-9H2,1-3H3. The second-order valence-electron chi connectivity index (χ2n) is 4.00. The van der Waals surface area contributed by atoms with E-state index in [0.717, 1.165) is 32.5 Å². The summed E-state index contributed by atoms with van der Waals surface area (Å²) in [6.45, 7) is 8.48. The van der Waals surface area contributed by atoms with Gasteiger partial charge in [-0.05, 0) is 24.7 Å². The lowest BCUT2D eigenvalue weighted by Gasteiger charge is -2.22. The highest BCUT2D eigenvalue weighted by Crippen LogP contribution is 2.19. The summed E-state index contributed by atoms with van der Waals surface area (Å²) in [4.78, 5) is 0. The van der Waals surface area contributed by atoms with E-state index in [9.17, 15) is 0 Å². The average Bonchev–Trinajstić information content (AvgIpc) is 2.04. The van der Waals surface area contributed by atoms with E-state index in [-0.39, 0.29) is 6.61 Å². The van der Waals surface area contributed by atoms with Crippen molar-refractivity contribution in [3.05, 3.63) is 0 Å². The fourth-order valence-corrected chi connectivity index (χ4v) is 0.766. The fourth-order valence-electron chi connectivity index (χ4n) is 0.766. The molecule has 0 heterocycles. The SMILES string of the molecule is CCC(C)(C)COCCCCO. The van der Waals surface area contributed by atoms with Crippen LogP contribution in [-0.4, -0.2) is 24.9 Å². The molecule has 0 aromatic carbocycles. The molecule has 0 unspecified atom stereocenters. The first-order valence-electron chi connectivity index (χ1n) is 4.81. The lowest BCUT2D eigenvalue weighted by Crippen LogP contribution is -2.18. The molecule has 0 aromatic heterocycles. The Kier molecular flexibility index (Phi) is 6.39. The number of aliphatic hydroxyl groups is 1. The Morgan fingerprint density at radius 1 is 1.25 bits per heavy atom. The van der Waals surface area contributed by atoms with Crippen LogP contribution < -0.4 is 0 Å². The third kappa shape index (κ3) is 6.62. The molecule has 0 spiro atoms. The molecule has 0 fully saturated rings. The molecule has 0 saturated heterocycles. The zero-order valence-corrected chi connectivity index (χ0v) is 8.60. The molecule has 0 radical (unpaired) electrons. The van der Waals surface area contributed by atoms with Crippen LogP contribution in [0.15, 0.2) is 0 Å². The van der Waals surface area contributed by atoms with Gasteiger partial charge in [-0.25, -0.2) is 0 Å². The molecular formula is C10H22O2. The maximum absolute atomic E-state index is 8.52. The Bertz CT molecular complexity index is 100. The quantitative estimate of drug-likeness (QED) is 0.600.